The number of anilines is 1. The van der Waals surface area contributed by atoms with Crippen LogP contribution in [0.2, 0.25) is 5.02 Å². The van der Waals surface area contributed by atoms with Crippen molar-refractivity contribution >= 4 is 39.1 Å². The van der Waals surface area contributed by atoms with Crippen LogP contribution in [0.3, 0.4) is 0 Å². The molecule has 0 bridgehead atoms. The Morgan fingerprint density at radius 2 is 1.95 bits per heavy atom. The number of halogens is 2. The van der Waals surface area contributed by atoms with Gasteiger partial charge in [0.25, 0.3) is 5.91 Å². The van der Waals surface area contributed by atoms with Gasteiger partial charge in [-0.3, -0.25) is 4.79 Å². The Labute approximate surface area is 137 Å². The third-order valence-electron chi connectivity index (χ3n) is 2.76. The number of nitrogens with one attached hydrogen (secondary N) is 1. The molecule has 0 saturated carbocycles. The summed E-state index contributed by atoms with van der Waals surface area (Å²) in [5, 5.41) is 3.29. The summed E-state index contributed by atoms with van der Waals surface area (Å²) in [5.41, 5.74) is 1.22. The largest absolute Gasteiger partial charge is 0.492 e. The molecule has 0 aliphatic rings. The third-order valence-corrected chi connectivity index (χ3v) is 3.58. The highest BCUT2D eigenvalue weighted by molar-refractivity contribution is 9.10. The van der Waals surface area contributed by atoms with Crippen molar-refractivity contribution in [1.82, 2.24) is 0 Å². The molecular formula is C16H15BrClNO2. The van der Waals surface area contributed by atoms with E-state index in [2.05, 4.69) is 21.2 Å². The van der Waals surface area contributed by atoms with Crippen LogP contribution in [-0.4, -0.2) is 12.5 Å². The molecule has 0 aromatic heterocycles. The zero-order chi connectivity index (χ0) is 15.2. The summed E-state index contributed by atoms with van der Waals surface area (Å²) in [4.78, 5) is 12.1. The highest BCUT2D eigenvalue weighted by Gasteiger charge is 2.08. The van der Waals surface area contributed by atoms with E-state index < -0.39 is 0 Å². The number of benzene rings is 2. The lowest BCUT2D eigenvalue weighted by molar-refractivity contribution is 0.102. The molecule has 0 aliphatic carbocycles. The molecule has 0 fully saturated rings. The fourth-order valence-electron chi connectivity index (χ4n) is 1.71. The topological polar surface area (TPSA) is 38.3 Å². The smallest absolute Gasteiger partial charge is 0.255 e. The minimum Gasteiger partial charge on any atom is -0.492 e. The average Bonchev–Trinajstić information content (AvgIpc) is 2.47. The van der Waals surface area contributed by atoms with Gasteiger partial charge in [0.05, 0.1) is 11.6 Å². The molecule has 21 heavy (non-hydrogen) atoms. The average molecular weight is 369 g/mol. The van der Waals surface area contributed by atoms with Crippen molar-refractivity contribution in [1.29, 1.82) is 0 Å². The van der Waals surface area contributed by atoms with Crippen molar-refractivity contribution in [2.75, 3.05) is 11.9 Å². The molecule has 3 nitrogen and oxygen atoms in total. The molecule has 2 rings (SSSR count). The maximum atomic E-state index is 12.1. The van der Waals surface area contributed by atoms with Gasteiger partial charge in [-0.1, -0.05) is 34.5 Å². The Kier molecular flexibility index (Phi) is 5.65. The number of hydrogen-bond donors (Lipinski definition) is 1. The van der Waals surface area contributed by atoms with E-state index in [1.54, 1.807) is 30.3 Å². The summed E-state index contributed by atoms with van der Waals surface area (Å²) in [6.45, 7) is 2.64. The molecule has 2 aromatic rings. The molecule has 0 radical (unpaired) electrons. The molecule has 1 N–H and O–H groups in total. The normalized spacial score (nSPS) is 10.2. The summed E-state index contributed by atoms with van der Waals surface area (Å²) in [6.07, 6.45) is 0.915. The summed E-state index contributed by atoms with van der Waals surface area (Å²) in [5.74, 6) is 0.445. The van der Waals surface area contributed by atoms with Gasteiger partial charge in [0.1, 0.15) is 5.75 Å². The standard InChI is InChI=1S/C16H15BrClNO2/c1-2-9-21-15-8-7-13(10-14(15)18)19-16(20)11-3-5-12(17)6-4-11/h3-8,10H,2,9H2,1H3,(H,19,20). The number of hydrogen-bond acceptors (Lipinski definition) is 2. The first-order valence-electron chi connectivity index (χ1n) is 6.59. The monoisotopic (exact) mass is 367 g/mol. The summed E-state index contributed by atoms with van der Waals surface area (Å²) in [6, 6.07) is 12.4. The van der Waals surface area contributed by atoms with E-state index >= 15 is 0 Å². The van der Waals surface area contributed by atoms with E-state index in [1.165, 1.54) is 0 Å². The van der Waals surface area contributed by atoms with Crippen LogP contribution >= 0.6 is 27.5 Å². The first-order chi connectivity index (χ1) is 10.1. The molecule has 5 heteroatoms. The van der Waals surface area contributed by atoms with Crippen LogP contribution in [0, 0.1) is 0 Å². The predicted molar refractivity (Wildman–Crippen MR) is 89.3 cm³/mol. The van der Waals surface area contributed by atoms with Crippen LogP contribution in [0.25, 0.3) is 0 Å². The van der Waals surface area contributed by atoms with Gasteiger partial charge in [0.2, 0.25) is 0 Å². The van der Waals surface area contributed by atoms with E-state index in [9.17, 15) is 4.79 Å². The Balaban J connectivity index is 2.07. The fraction of sp³-hybridized carbons (Fsp3) is 0.188. The molecule has 0 unspecified atom stereocenters. The maximum absolute atomic E-state index is 12.1. The fourth-order valence-corrected chi connectivity index (χ4v) is 2.21. The van der Waals surface area contributed by atoms with E-state index in [-0.39, 0.29) is 5.91 Å². The molecule has 0 aliphatic heterocycles. The van der Waals surface area contributed by atoms with Crippen molar-refractivity contribution in [2.45, 2.75) is 13.3 Å². The molecule has 0 heterocycles. The zero-order valence-electron chi connectivity index (χ0n) is 11.5. The minimum atomic E-state index is -0.180. The van der Waals surface area contributed by atoms with Crippen LogP contribution < -0.4 is 10.1 Å². The lowest BCUT2D eigenvalue weighted by atomic mass is 10.2. The van der Waals surface area contributed by atoms with E-state index in [1.807, 2.05) is 19.1 Å². The third kappa shape index (κ3) is 4.48. The van der Waals surface area contributed by atoms with Crippen LogP contribution in [0.15, 0.2) is 46.9 Å². The summed E-state index contributed by atoms with van der Waals surface area (Å²) >= 11 is 9.47. The van der Waals surface area contributed by atoms with Crippen molar-refractivity contribution in [3.63, 3.8) is 0 Å². The van der Waals surface area contributed by atoms with Gasteiger partial charge in [-0.05, 0) is 48.9 Å². The van der Waals surface area contributed by atoms with E-state index in [0.29, 0.717) is 28.6 Å². The zero-order valence-corrected chi connectivity index (χ0v) is 13.9. The number of carbonyl (C=O) groups is 1. The van der Waals surface area contributed by atoms with Gasteiger partial charge in [-0.2, -0.15) is 0 Å². The number of ether oxygens (including phenoxy) is 1. The van der Waals surface area contributed by atoms with E-state index in [0.717, 1.165) is 10.9 Å². The molecule has 0 saturated heterocycles. The van der Waals surface area contributed by atoms with Crippen LogP contribution in [0.5, 0.6) is 5.75 Å². The molecule has 110 valence electrons. The van der Waals surface area contributed by atoms with Gasteiger partial charge in [-0.25, -0.2) is 0 Å². The molecule has 0 spiro atoms. The minimum absolute atomic E-state index is 0.180. The van der Waals surface area contributed by atoms with Crippen LogP contribution in [-0.2, 0) is 0 Å². The van der Waals surface area contributed by atoms with Crippen molar-refractivity contribution in [2.24, 2.45) is 0 Å². The number of amides is 1. The molecule has 2 aromatic carbocycles. The number of carbonyl (C=O) groups excluding carboxylic acids is 1. The van der Waals surface area contributed by atoms with Crippen LogP contribution in [0.1, 0.15) is 23.7 Å². The lowest BCUT2D eigenvalue weighted by Crippen LogP contribution is -2.11. The van der Waals surface area contributed by atoms with Crippen LogP contribution in [0.4, 0.5) is 5.69 Å². The lowest BCUT2D eigenvalue weighted by Gasteiger charge is -2.10. The molecular weight excluding hydrogens is 354 g/mol. The first kappa shape index (κ1) is 15.9. The van der Waals surface area contributed by atoms with Crippen molar-refractivity contribution in [3.8, 4) is 5.75 Å². The van der Waals surface area contributed by atoms with Gasteiger partial charge in [0, 0.05) is 15.7 Å². The Hall–Kier alpha value is -1.52. The van der Waals surface area contributed by atoms with Gasteiger partial charge in [-0.15, -0.1) is 0 Å². The number of rotatable bonds is 5. The second-order valence-electron chi connectivity index (χ2n) is 4.45. The SMILES string of the molecule is CCCOc1ccc(NC(=O)c2ccc(Br)cc2)cc1Cl. The quantitative estimate of drug-likeness (QED) is 0.793. The van der Waals surface area contributed by atoms with Gasteiger partial charge in [0.15, 0.2) is 0 Å². The van der Waals surface area contributed by atoms with E-state index in [4.69, 9.17) is 16.3 Å². The van der Waals surface area contributed by atoms with Crippen molar-refractivity contribution < 1.29 is 9.53 Å². The van der Waals surface area contributed by atoms with Crippen molar-refractivity contribution in [3.05, 3.63) is 57.5 Å². The molecule has 0 atom stereocenters. The Morgan fingerprint density at radius 3 is 2.57 bits per heavy atom. The predicted octanol–water partition coefficient (Wildman–Crippen LogP) is 5.14. The highest BCUT2D eigenvalue weighted by atomic mass is 79.9. The second kappa shape index (κ2) is 7.48. The van der Waals surface area contributed by atoms with Gasteiger partial charge >= 0.3 is 0 Å². The highest BCUT2D eigenvalue weighted by Crippen LogP contribution is 2.28. The maximum Gasteiger partial charge on any atom is 0.255 e. The summed E-state index contributed by atoms with van der Waals surface area (Å²) < 4.78 is 6.42. The molecule has 1 amide bonds. The summed E-state index contributed by atoms with van der Waals surface area (Å²) in [7, 11) is 0. The Bertz CT molecular complexity index is 629. The Morgan fingerprint density at radius 1 is 1.24 bits per heavy atom. The van der Waals surface area contributed by atoms with Gasteiger partial charge < -0.3 is 10.1 Å². The second-order valence-corrected chi connectivity index (χ2v) is 5.78. The first-order valence-corrected chi connectivity index (χ1v) is 7.76.